The normalized spacial score (nSPS) is 11.8. The van der Waals surface area contributed by atoms with Gasteiger partial charge in [-0.2, -0.15) is 0 Å². The van der Waals surface area contributed by atoms with Crippen molar-refractivity contribution in [3.63, 3.8) is 0 Å². The summed E-state index contributed by atoms with van der Waals surface area (Å²) >= 11 is 0. The predicted octanol–water partition coefficient (Wildman–Crippen LogP) is 4.23. The molecule has 1 aromatic heterocycles. The van der Waals surface area contributed by atoms with Crippen molar-refractivity contribution in [2.45, 2.75) is 47.1 Å². The molecule has 1 heterocycles. The smallest absolute Gasteiger partial charge is 0.349 e. The van der Waals surface area contributed by atoms with E-state index >= 15 is 0 Å². The molecule has 3 rings (SSSR count). The zero-order valence-corrected chi connectivity index (χ0v) is 18.9. The van der Waals surface area contributed by atoms with Crippen molar-refractivity contribution in [2.24, 2.45) is 0 Å². The lowest BCUT2D eigenvalue weighted by Crippen LogP contribution is -2.34. The summed E-state index contributed by atoms with van der Waals surface area (Å²) in [7, 11) is 0. The highest BCUT2D eigenvalue weighted by atomic mass is 16.6. The molecule has 0 bridgehead atoms. The highest BCUT2D eigenvalue weighted by molar-refractivity contribution is 5.97. The summed E-state index contributed by atoms with van der Waals surface area (Å²) in [5, 5.41) is 3.29. The van der Waals surface area contributed by atoms with Crippen molar-refractivity contribution in [3.05, 3.63) is 69.1 Å². The van der Waals surface area contributed by atoms with Gasteiger partial charge >= 0.3 is 11.6 Å². The Hall–Kier alpha value is -3.61. The van der Waals surface area contributed by atoms with Crippen LogP contribution in [0.5, 0.6) is 11.5 Å². The number of aryl methyl sites for hydroxylation is 2. The van der Waals surface area contributed by atoms with E-state index in [0.717, 1.165) is 23.1 Å². The number of carbonyl (C=O) groups excluding carboxylic acids is 2. The first-order chi connectivity index (χ1) is 15.2. The molecule has 0 saturated heterocycles. The van der Waals surface area contributed by atoms with Crippen molar-refractivity contribution in [2.75, 3.05) is 6.61 Å². The van der Waals surface area contributed by atoms with Crippen LogP contribution in [0.15, 0.2) is 45.6 Å². The fourth-order valence-corrected chi connectivity index (χ4v) is 3.16. The van der Waals surface area contributed by atoms with Crippen LogP contribution in [0.25, 0.3) is 11.0 Å². The van der Waals surface area contributed by atoms with Crippen LogP contribution in [0.1, 0.15) is 47.3 Å². The highest BCUT2D eigenvalue weighted by Gasteiger charge is 2.16. The number of fused-ring (bicyclic) bond motifs is 1. The largest absolute Gasteiger partial charge is 0.481 e. The first-order valence-electron chi connectivity index (χ1n) is 10.5. The molecule has 1 N–H and O–H groups in total. The second-order valence-corrected chi connectivity index (χ2v) is 7.85. The number of hydrogen-bond donors (Lipinski definition) is 1. The lowest BCUT2D eigenvalue weighted by atomic mass is 10.1. The summed E-state index contributed by atoms with van der Waals surface area (Å²) in [6.45, 7) is 9.35. The van der Waals surface area contributed by atoms with E-state index in [-0.39, 0.29) is 29.5 Å². The van der Waals surface area contributed by atoms with Gasteiger partial charge in [0.15, 0.2) is 6.61 Å². The Morgan fingerprint density at radius 3 is 2.50 bits per heavy atom. The van der Waals surface area contributed by atoms with E-state index in [1.165, 1.54) is 12.1 Å². The number of amides is 1. The Balaban J connectivity index is 1.73. The van der Waals surface area contributed by atoms with Crippen LogP contribution in [0.4, 0.5) is 0 Å². The van der Waals surface area contributed by atoms with Gasteiger partial charge in [0.05, 0.1) is 0 Å². The number of rotatable bonds is 7. The first kappa shape index (κ1) is 23.1. The van der Waals surface area contributed by atoms with Crippen LogP contribution in [-0.4, -0.2) is 24.5 Å². The Morgan fingerprint density at radius 2 is 1.78 bits per heavy atom. The zero-order valence-electron chi connectivity index (χ0n) is 18.9. The predicted molar refractivity (Wildman–Crippen MR) is 121 cm³/mol. The standard InChI is InChI=1S/C25H27NO6/c1-6-16(4)26-24(28)20-11-18-9-10-19(12-21(18)32-25(20)29)31-22(27)13-30-23-15(3)8-7-14(2)17(23)5/h7-12,16H,6,13H2,1-5H3,(H,26,28). The lowest BCUT2D eigenvalue weighted by Gasteiger charge is -2.13. The summed E-state index contributed by atoms with van der Waals surface area (Å²) in [4.78, 5) is 36.8. The van der Waals surface area contributed by atoms with E-state index in [9.17, 15) is 14.4 Å². The number of carbonyl (C=O) groups is 2. The van der Waals surface area contributed by atoms with Crippen molar-refractivity contribution in [1.29, 1.82) is 0 Å². The van der Waals surface area contributed by atoms with Crippen molar-refractivity contribution < 1.29 is 23.5 Å². The second kappa shape index (κ2) is 9.68. The summed E-state index contributed by atoms with van der Waals surface area (Å²) in [6, 6.07) is 9.97. The minimum absolute atomic E-state index is 0.0611. The van der Waals surface area contributed by atoms with Gasteiger partial charge in [-0.15, -0.1) is 0 Å². The summed E-state index contributed by atoms with van der Waals surface area (Å²) in [5.74, 6) is -0.195. The molecule has 0 radical (unpaired) electrons. The molecule has 7 nitrogen and oxygen atoms in total. The van der Waals surface area contributed by atoms with Gasteiger partial charge in [0.2, 0.25) is 0 Å². The van der Waals surface area contributed by atoms with E-state index < -0.39 is 17.5 Å². The number of esters is 1. The maximum Gasteiger partial charge on any atom is 0.349 e. The van der Waals surface area contributed by atoms with Crippen LogP contribution in [0, 0.1) is 20.8 Å². The van der Waals surface area contributed by atoms with Crippen LogP contribution in [-0.2, 0) is 4.79 Å². The van der Waals surface area contributed by atoms with Gasteiger partial charge in [0, 0.05) is 17.5 Å². The number of ether oxygens (including phenoxy) is 2. The maximum atomic E-state index is 12.3. The molecule has 7 heteroatoms. The third-order valence-electron chi connectivity index (χ3n) is 5.38. The number of hydrogen-bond acceptors (Lipinski definition) is 6. The van der Waals surface area contributed by atoms with Crippen LogP contribution in [0.3, 0.4) is 0 Å². The summed E-state index contributed by atoms with van der Waals surface area (Å²) < 4.78 is 16.3. The van der Waals surface area contributed by atoms with E-state index in [2.05, 4.69) is 5.32 Å². The molecule has 32 heavy (non-hydrogen) atoms. The molecule has 1 amide bonds. The van der Waals surface area contributed by atoms with Gasteiger partial charge in [-0.1, -0.05) is 19.1 Å². The van der Waals surface area contributed by atoms with Crippen molar-refractivity contribution >= 4 is 22.8 Å². The number of nitrogens with one attached hydrogen (secondary N) is 1. The van der Waals surface area contributed by atoms with Gasteiger partial charge in [0.25, 0.3) is 5.91 Å². The molecule has 0 aliphatic carbocycles. The van der Waals surface area contributed by atoms with Gasteiger partial charge in [0.1, 0.15) is 22.6 Å². The Bertz CT molecular complexity index is 1230. The monoisotopic (exact) mass is 437 g/mol. The third-order valence-corrected chi connectivity index (χ3v) is 5.38. The Labute approximate surface area is 186 Å². The van der Waals surface area contributed by atoms with Crippen molar-refractivity contribution in [1.82, 2.24) is 5.32 Å². The summed E-state index contributed by atoms with van der Waals surface area (Å²) in [6.07, 6.45) is 0.742. The highest BCUT2D eigenvalue weighted by Crippen LogP contribution is 2.26. The first-order valence-corrected chi connectivity index (χ1v) is 10.5. The zero-order chi connectivity index (χ0) is 23.4. The van der Waals surface area contributed by atoms with E-state index in [0.29, 0.717) is 11.1 Å². The average molecular weight is 437 g/mol. The molecule has 0 fully saturated rings. The molecule has 0 aliphatic rings. The molecule has 2 aromatic carbocycles. The molecule has 3 aromatic rings. The topological polar surface area (TPSA) is 94.8 Å². The van der Waals surface area contributed by atoms with E-state index in [1.807, 2.05) is 46.8 Å². The van der Waals surface area contributed by atoms with Crippen LogP contribution >= 0.6 is 0 Å². The average Bonchev–Trinajstić information content (AvgIpc) is 2.75. The van der Waals surface area contributed by atoms with Crippen molar-refractivity contribution in [3.8, 4) is 11.5 Å². The third kappa shape index (κ3) is 5.17. The van der Waals surface area contributed by atoms with Gasteiger partial charge in [-0.25, -0.2) is 9.59 Å². The minimum atomic E-state index is -0.754. The Morgan fingerprint density at radius 1 is 1.06 bits per heavy atom. The second-order valence-electron chi connectivity index (χ2n) is 7.85. The number of benzene rings is 2. The fourth-order valence-electron chi connectivity index (χ4n) is 3.16. The molecule has 1 unspecified atom stereocenters. The van der Waals surface area contributed by atoms with Gasteiger partial charge in [-0.3, -0.25) is 4.79 Å². The maximum absolute atomic E-state index is 12.3. The molecule has 1 atom stereocenters. The van der Waals surface area contributed by atoms with Gasteiger partial charge in [-0.05, 0) is 69.0 Å². The molecule has 0 saturated carbocycles. The fraction of sp³-hybridized carbons (Fsp3) is 0.320. The molecule has 0 aliphatic heterocycles. The molecule has 0 spiro atoms. The van der Waals surface area contributed by atoms with Gasteiger partial charge < -0.3 is 19.2 Å². The lowest BCUT2D eigenvalue weighted by molar-refractivity contribution is -0.136. The SMILES string of the molecule is CCC(C)NC(=O)c1cc2ccc(OC(=O)COc3c(C)ccc(C)c3C)cc2oc1=O. The van der Waals surface area contributed by atoms with E-state index in [4.69, 9.17) is 13.9 Å². The van der Waals surface area contributed by atoms with Crippen LogP contribution < -0.4 is 20.4 Å². The molecular formula is C25H27NO6. The van der Waals surface area contributed by atoms with Crippen LogP contribution in [0.2, 0.25) is 0 Å². The molecule has 168 valence electrons. The van der Waals surface area contributed by atoms with E-state index in [1.54, 1.807) is 12.1 Å². The quantitative estimate of drug-likeness (QED) is 0.338. The molecular weight excluding hydrogens is 410 g/mol. The Kier molecular flexibility index (Phi) is 6.98. The summed E-state index contributed by atoms with van der Waals surface area (Å²) in [5.41, 5.74) is 2.36. The minimum Gasteiger partial charge on any atom is -0.481 e.